The van der Waals surface area contributed by atoms with Crippen molar-refractivity contribution in [3.05, 3.63) is 230 Å². The van der Waals surface area contributed by atoms with Crippen molar-refractivity contribution in [2.45, 2.75) is 19.3 Å². The number of hydrogen-bond donors (Lipinski definition) is 0. The van der Waals surface area contributed by atoms with Gasteiger partial charge in [-0.2, -0.15) is 0 Å². The summed E-state index contributed by atoms with van der Waals surface area (Å²) in [6.45, 7) is 4.73. The lowest BCUT2D eigenvalue weighted by molar-refractivity contribution is 0.661. The van der Waals surface area contributed by atoms with Crippen LogP contribution in [-0.2, 0) is 5.41 Å². The summed E-state index contributed by atoms with van der Waals surface area (Å²) in [6, 6.07) is 75.9. The first-order chi connectivity index (χ1) is 32.0. The van der Waals surface area contributed by atoms with Crippen molar-refractivity contribution in [3.8, 4) is 100 Å². The van der Waals surface area contributed by atoms with Crippen molar-refractivity contribution < 1.29 is 0 Å². The smallest absolute Gasteiger partial charge is 0.0886 e. The highest BCUT2D eigenvalue weighted by atomic mass is 14.8. The Labute approximate surface area is 379 Å². The van der Waals surface area contributed by atoms with Crippen LogP contribution in [0, 0.1) is 0 Å². The van der Waals surface area contributed by atoms with E-state index in [1.165, 1.54) is 116 Å². The maximum Gasteiger partial charge on any atom is 0.0886 e. The third-order valence-corrected chi connectivity index (χ3v) is 14.1. The minimum Gasteiger partial charge on any atom is -0.255 e. The molecular weight excluding hydrogens is 785 g/mol. The van der Waals surface area contributed by atoms with E-state index in [1.54, 1.807) is 0 Å². The molecule has 0 unspecified atom stereocenters. The van der Waals surface area contributed by atoms with Gasteiger partial charge in [0.15, 0.2) is 0 Å². The van der Waals surface area contributed by atoms with E-state index >= 15 is 0 Å². The van der Waals surface area contributed by atoms with Crippen LogP contribution in [0.4, 0.5) is 0 Å². The Kier molecular flexibility index (Phi) is 8.29. The fraction of sp³-hybridized carbons (Fsp3) is 0.0476. The highest BCUT2D eigenvalue weighted by molar-refractivity contribution is 6.28. The average Bonchev–Trinajstić information content (AvgIpc) is 3.82. The van der Waals surface area contributed by atoms with E-state index < -0.39 is 0 Å². The molecule has 11 aromatic rings. The van der Waals surface area contributed by atoms with E-state index in [0.29, 0.717) is 0 Å². The number of benzene rings is 9. The van der Waals surface area contributed by atoms with Crippen LogP contribution in [0.5, 0.6) is 0 Å². The lowest BCUT2D eigenvalue weighted by atomic mass is 9.81. The summed E-state index contributed by atoms with van der Waals surface area (Å²) >= 11 is 0. The highest BCUT2D eigenvalue weighted by Crippen LogP contribution is 2.59. The monoisotopic (exact) mass is 826 g/mol. The Morgan fingerprint density at radius 3 is 1.43 bits per heavy atom. The van der Waals surface area contributed by atoms with Crippen molar-refractivity contribution in [1.82, 2.24) is 9.97 Å². The molecule has 2 nitrogen and oxygen atoms in total. The Hall–Kier alpha value is -8.20. The molecule has 0 spiro atoms. The van der Waals surface area contributed by atoms with E-state index in [2.05, 4.69) is 207 Å². The molecule has 304 valence electrons. The maximum absolute atomic E-state index is 4.78. The van der Waals surface area contributed by atoms with E-state index in [-0.39, 0.29) is 5.41 Å². The van der Waals surface area contributed by atoms with Gasteiger partial charge in [-0.25, -0.2) is 0 Å². The van der Waals surface area contributed by atoms with Gasteiger partial charge in [-0.05, 0) is 153 Å². The van der Waals surface area contributed by atoms with E-state index in [0.717, 1.165) is 17.0 Å². The van der Waals surface area contributed by atoms with Crippen molar-refractivity contribution in [2.24, 2.45) is 0 Å². The molecule has 65 heavy (non-hydrogen) atoms. The van der Waals surface area contributed by atoms with Gasteiger partial charge in [-0.3, -0.25) is 9.97 Å². The zero-order chi connectivity index (χ0) is 43.2. The van der Waals surface area contributed by atoms with Crippen LogP contribution >= 0.6 is 0 Å². The summed E-state index contributed by atoms with van der Waals surface area (Å²) in [6.07, 6.45) is 3.78. The molecule has 2 aliphatic carbocycles. The molecule has 9 aromatic carbocycles. The maximum atomic E-state index is 4.78. The standard InChI is InChI=1S/C63H42N2/c1-63(2)54-36-42(26-29-47(54)48-30-27-43(37-55(48)63)45-28-33-57(65-38-45)56-25-11-12-34-64-56)41-19-13-20-44(35-41)46-31-32-53-60-49(46)23-14-24-52(60)61-58(39-15-5-3-6-16-39)50-21-9-10-22-51(50)59(62(53)61)40-17-7-4-8-18-40/h3-38H,1-2H3. The fourth-order valence-corrected chi connectivity index (χ4v) is 11.1. The van der Waals surface area contributed by atoms with Crippen LogP contribution in [-0.4, -0.2) is 9.97 Å². The summed E-state index contributed by atoms with van der Waals surface area (Å²) in [5.41, 5.74) is 24.4. The number of rotatable bonds is 6. The first-order valence-electron chi connectivity index (χ1n) is 22.6. The third-order valence-electron chi connectivity index (χ3n) is 14.1. The Morgan fingerprint density at radius 2 is 0.800 bits per heavy atom. The number of aromatic nitrogens is 2. The summed E-state index contributed by atoms with van der Waals surface area (Å²) in [5.74, 6) is 0. The molecule has 0 aliphatic heterocycles. The Balaban J connectivity index is 0.905. The molecule has 0 N–H and O–H groups in total. The molecule has 2 heterocycles. The summed E-state index contributed by atoms with van der Waals surface area (Å²) < 4.78 is 0. The largest absolute Gasteiger partial charge is 0.255 e. The molecule has 2 heteroatoms. The fourth-order valence-electron chi connectivity index (χ4n) is 11.1. The second-order valence-corrected chi connectivity index (χ2v) is 18.0. The minimum atomic E-state index is -0.176. The summed E-state index contributed by atoms with van der Waals surface area (Å²) in [5, 5.41) is 5.16. The number of fused-ring (bicyclic) bond motifs is 7. The normalized spacial score (nSPS) is 12.9. The van der Waals surface area contributed by atoms with Crippen LogP contribution in [0.3, 0.4) is 0 Å². The molecule has 13 rings (SSSR count). The molecule has 2 aromatic heterocycles. The van der Waals surface area contributed by atoms with E-state index in [9.17, 15) is 0 Å². The van der Waals surface area contributed by atoms with Gasteiger partial charge < -0.3 is 0 Å². The molecule has 0 radical (unpaired) electrons. The van der Waals surface area contributed by atoms with Crippen LogP contribution in [0.25, 0.3) is 122 Å². The average molecular weight is 827 g/mol. The minimum absolute atomic E-state index is 0.176. The van der Waals surface area contributed by atoms with Crippen LogP contribution in [0.2, 0.25) is 0 Å². The zero-order valence-corrected chi connectivity index (χ0v) is 36.2. The molecular formula is C63H42N2. The van der Waals surface area contributed by atoms with Crippen LogP contribution in [0.1, 0.15) is 25.0 Å². The SMILES string of the molecule is CC1(C)c2cc(-c3ccc(-c4ccccn4)nc3)ccc2-c2ccc(-c3cccc(-c4ccc5c6c(cccc46)-c4c-5c(-c5ccccc5)c5ccccc5c4-c4ccccc4)c3)cc21. The number of pyridine rings is 2. The Bertz CT molecular complexity index is 3610. The van der Waals surface area contributed by atoms with Gasteiger partial charge in [-0.1, -0.05) is 184 Å². The third kappa shape index (κ3) is 5.74. The number of hydrogen-bond acceptors (Lipinski definition) is 2. The van der Waals surface area contributed by atoms with E-state index in [1.807, 2.05) is 30.6 Å². The molecule has 0 fully saturated rings. The quantitative estimate of drug-likeness (QED) is 0.167. The van der Waals surface area contributed by atoms with Crippen molar-refractivity contribution in [2.75, 3.05) is 0 Å². The Morgan fingerprint density at radius 1 is 0.308 bits per heavy atom. The molecule has 0 amide bonds. The predicted molar refractivity (Wildman–Crippen MR) is 272 cm³/mol. The molecule has 0 bridgehead atoms. The topological polar surface area (TPSA) is 25.8 Å². The molecule has 2 aliphatic rings. The van der Waals surface area contributed by atoms with Gasteiger partial charge in [-0.15, -0.1) is 0 Å². The second kappa shape index (κ2) is 14.4. The van der Waals surface area contributed by atoms with E-state index in [4.69, 9.17) is 4.98 Å². The van der Waals surface area contributed by atoms with Gasteiger partial charge in [0.25, 0.3) is 0 Å². The van der Waals surface area contributed by atoms with Gasteiger partial charge in [0.05, 0.1) is 11.4 Å². The van der Waals surface area contributed by atoms with Crippen LogP contribution in [0.15, 0.2) is 219 Å². The second-order valence-electron chi connectivity index (χ2n) is 18.0. The highest BCUT2D eigenvalue weighted by Gasteiger charge is 2.36. The molecule has 0 saturated heterocycles. The number of nitrogens with zero attached hydrogens (tertiary/aromatic N) is 2. The van der Waals surface area contributed by atoms with Gasteiger partial charge in [0.1, 0.15) is 0 Å². The summed E-state index contributed by atoms with van der Waals surface area (Å²) in [4.78, 5) is 9.27. The van der Waals surface area contributed by atoms with Crippen molar-refractivity contribution in [1.29, 1.82) is 0 Å². The van der Waals surface area contributed by atoms with Crippen LogP contribution < -0.4 is 0 Å². The molecule has 0 saturated carbocycles. The van der Waals surface area contributed by atoms with Crippen molar-refractivity contribution in [3.63, 3.8) is 0 Å². The lowest BCUT2D eigenvalue weighted by Crippen LogP contribution is -2.15. The van der Waals surface area contributed by atoms with Crippen molar-refractivity contribution >= 4 is 21.5 Å². The lowest BCUT2D eigenvalue weighted by Gasteiger charge is -2.22. The first kappa shape index (κ1) is 37.4. The predicted octanol–water partition coefficient (Wildman–Crippen LogP) is 16.7. The summed E-state index contributed by atoms with van der Waals surface area (Å²) in [7, 11) is 0. The van der Waals surface area contributed by atoms with Gasteiger partial charge in [0, 0.05) is 23.4 Å². The van der Waals surface area contributed by atoms with Gasteiger partial charge >= 0.3 is 0 Å². The first-order valence-corrected chi connectivity index (χ1v) is 22.6. The zero-order valence-electron chi connectivity index (χ0n) is 36.2. The molecule has 0 atom stereocenters. The van der Waals surface area contributed by atoms with Gasteiger partial charge in [0.2, 0.25) is 0 Å².